The molecule has 1 N–H and O–H groups in total. The molecule has 0 aliphatic heterocycles. The van der Waals surface area contributed by atoms with Gasteiger partial charge >= 0.3 is 0 Å². The van der Waals surface area contributed by atoms with Gasteiger partial charge < -0.3 is 14.3 Å². The predicted octanol–water partition coefficient (Wildman–Crippen LogP) is 2.38. The van der Waals surface area contributed by atoms with E-state index in [4.69, 9.17) is 4.42 Å². The number of rotatable bonds is 5. The number of fused-ring (bicyclic) bond motifs is 1. The monoisotopic (exact) mass is 268 g/mol. The van der Waals surface area contributed by atoms with Gasteiger partial charge in [0.15, 0.2) is 0 Å². The van der Waals surface area contributed by atoms with Gasteiger partial charge in [0.25, 0.3) is 5.56 Å². The highest BCUT2D eigenvalue weighted by Gasteiger charge is 2.01. The molecule has 1 aromatic carbocycles. The van der Waals surface area contributed by atoms with Crippen LogP contribution < -0.4 is 10.9 Å². The number of nitrogens with one attached hydrogen (secondary N) is 1. The van der Waals surface area contributed by atoms with Crippen molar-refractivity contribution in [2.75, 3.05) is 6.54 Å². The summed E-state index contributed by atoms with van der Waals surface area (Å²) in [6.45, 7) is 2.14. The van der Waals surface area contributed by atoms with E-state index in [1.165, 1.54) is 0 Å². The van der Waals surface area contributed by atoms with Crippen LogP contribution in [-0.4, -0.2) is 11.1 Å². The molecule has 0 spiro atoms. The molecule has 4 heteroatoms. The van der Waals surface area contributed by atoms with Crippen molar-refractivity contribution in [3.05, 3.63) is 71.0 Å². The highest BCUT2D eigenvalue weighted by Crippen LogP contribution is 2.07. The molecule has 0 aliphatic rings. The Morgan fingerprint density at radius 3 is 2.90 bits per heavy atom. The van der Waals surface area contributed by atoms with E-state index in [1.54, 1.807) is 17.1 Å². The number of furan rings is 1. The second kappa shape index (κ2) is 5.75. The minimum atomic E-state index is 0.0632. The van der Waals surface area contributed by atoms with E-state index in [1.807, 2.05) is 42.6 Å². The Morgan fingerprint density at radius 1 is 1.15 bits per heavy atom. The molecule has 0 unspecified atom stereocenters. The number of hydrogen-bond donors (Lipinski definition) is 1. The maximum absolute atomic E-state index is 12.3. The van der Waals surface area contributed by atoms with Crippen molar-refractivity contribution >= 4 is 10.8 Å². The van der Waals surface area contributed by atoms with E-state index in [-0.39, 0.29) is 5.56 Å². The van der Waals surface area contributed by atoms with Crippen LogP contribution in [-0.2, 0) is 13.1 Å². The highest BCUT2D eigenvalue weighted by atomic mass is 16.3. The molecule has 0 saturated heterocycles. The van der Waals surface area contributed by atoms with Crippen LogP contribution in [0.15, 0.2) is 64.3 Å². The Kier molecular flexibility index (Phi) is 3.65. The highest BCUT2D eigenvalue weighted by molar-refractivity contribution is 5.81. The van der Waals surface area contributed by atoms with E-state index >= 15 is 0 Å². The van der Waals surface area contributed by atoms with Crippen molar-refractivity contribution < 1.29 is 4.42 Å². The Bertz CT molecular complexity index is 745. The summed E-state index contributed by atoms with van der Waals surface area (Å²) in [4.78, 5) is 12.3. The first kappa shape index (κ1) is 12.7. The van der Waals surface area contributed by atoms with E-state index in [0.29, 0.717) is 6.54 Å². The van der Waals surface area contributed by atoms with Gasteiger partial charge in [-0.05, 0) is 23.6 Å². The van der Waals surface area contributed by atoms with Gasteiger partial charge in [0, 0.05) is 36.8 Å². The lowest BCUT2D eigenvalue weighted by molar-refractivity contribution is 0.554. The summed E-state index contributed by atoms with van der Waals surface area (Å²) in [5.41, 5.74) is 1.17. The standard InChI is InChI=1S/C16H16N2O2/c19-16-15-4-2-1-3-14(15)5-8-18(16)9-7-17-11-13-6-10-20-12-13/h1-6,8,10,12,17H,7,9,11H2. The lowest BCUT2D eigenvalue weighted by atomic mass is 10.2. The molecule has 3 aromatic rings. The Morgan fingerprint density at radius 2 is 2.05 bits per heavy atom. The third kappa shape index (κ3) is 2.65. The summed E-state index contributed by atoms with van der Waals surface area (Å²) in [5.74, 6) is 0. The molecular formula is C16H16N2O2. The minimum Gasteiger partial charge on any atom is -0.472 e. The number of nitrogens with zero attached hydrogens (tertiary/aromatic N) is 1. The van der Waals surface area contributed by atoms with Gasteiger partial charge in [-0.2, -0.15) is 0 Å². The van der Waals surface area contributed by atoms with Gasteiger partial charge in [0.05, 0.1) is 12.5 Å². The predicted molar refractivity (Wildman–Crippen MR) is 78.6 cm³/mol. The Hall–Kier alpha value is -2.33. The molecule has 20 heavy (non-hydrogen) atoms. The summed E-state index contributed by atoms with van der Waals surface area (Å²) in [6, 6.07) is 11.6. The van der Waals surface area contributed by atoms with Crippen molar-refractivity contribution in [2.45, 2.75) is 13.1 Å². The van der Waals surface area contributed by atoms with Crippen molar-refractivity contribution in [1.29, 1.82) is 0 Å². The fraction of sp³-hybridized carbons (Fsp3) is 0.188. The first-order valence-corrected chi connectivity index (χ1v) is 6.64. The maximum atomic E-state index is 12.3. The molecule has 2 heterocycles. The van der Waals surface area contributed by atoms with Crippen LogP contribution in [0.4, 0.5) is 0 Å². The van der Waals surface area contributed by atoms with E-state index in [2.05, 4.69) is 5.32 Å². The van der Waals surface area contributed by atoms with E-state index in [9.17, 15) is 4.79 Å². The zero-order chi connectivity index (χ0) is 13.8. The number of pyridine rings is 1. The molecule has 4 nitrogen and oxygen atoms in total. The van der Waals surface area contributed by atoms with Gasteiger partial charge in [0.1, 0.15) is 0 Å². The summed E-state index contributed by atoms with van der Waals surface area (Å²) in [5, 5.41) is 5.05. The van der Waals surface area contributed by atoms with Crippen LogP contribution in [0.1, 0.15) is 5.56 Å². The molecule has 102 valence electrons. The average molecular weight is 268 g/mol. The fourth-order valence-electron chi connectivity index (χ4n) is 2.23. The first-order valence-electron chi connectivity index (χ1n) is 6.64. The average Bonchev–Trinajstić information content (AvgIpc) is 2.99. The van der Waals surface area contributed by atoms with Crippen LogP contribution in [0.25, 0.3) is 10.8 Å². The minimum absolute atomic E-state index is 0.0632. The molecule has 0 aliphatic carbocycles. The maximum Gasteiger partial charge on any atom is 0.258 e. The van der Waals surface area contributed by atoms with Gasteiger partial charge in [-0.3, -0.25) is 4.79 Å². The molecule has 3 rings (SSSR count). The molecule has 0 atom stereocenters. The van der Waals surface area contributed by atoms with Crippen molar-refractivity contribution in [3.63, 3.8) is 0 Å². The summed E-state index contributed by atoms with van der Waals surface area (Å²) >= 11 is 0. The smallest absolute Gasteiger partial charge is 0.258 e. The lowest BCUT2D eigenvalue weighted by Gasteiger charge is -2.08. The summed E-state index contributed by atoms with van der Waals surface area (Å²) in [6.07, 6.45) is 5.23. The quantitative estimate of drug-likeness (QED) is 0.723. The second-order valence-corrected chi connectivity index (χ2v) is 4.71. The molecule has 0 radical (unpaired) electrons. The third-order valence-corrected chi connectivity index (χ3v) is 3.32. The van der Waals surface area contributed by atoms with Crippen LogP contribution in [0.2, 0.25) is 0 Å². The van der Waals surface area contributed by atoms with E-state index < -0.39 is 0 Å². The zero-order valence-corrected chi connectivity index (χ0v) is 11.1. The zero-order valence-electron chi connectivity index (χ0n) is 11.1. The van der Waals surface area contributed by atoms with Crippen LogP contribution in [0, 0.1) is 0 Å². The second-order valence-electron chi connectivity index (χ2n) is 4.71. The van der Waals surface area contributed by atoms with Gasteiger partial charge in [-0.15, -0.1) is 0 Å². The number of aromatic nitrogens is 1. The Balaban J connectivity index is 1.66. The molecule has 0 bridgehead atoms. The summed E-state index contributed by atoms with van der Waals surface area (Å²) < 4.78 is 6.74. The van der Waals surface area contributed by atoms with Crippen LogP contribution >= 0.6 is 0 Å². The van der Waals surface area contributed by atoms with Crippen LogP contribution in [0.3, 0.4) is 0 Å². The first-order chi connectivity index (χ1) is 9.84. The van der Waals surface area contributed by atoms with Gasteiger partial charge in [-0.1, -0.05) is 18.2 Å². The molecule has 0 saturated carbocycles. The third-order valence-electron chi connectivity index (χ3n) is 3.32. The van der Waals surface area contributed by atoms with Crippen molar-refractivity contribution in [2.24, 2.45) is 0 Å². The Labute approximate surface area is 116 Å². The van der Waals surface area contributed by atoms with Crippen LogP contribution in [0.5, 0.6) is 0 Å². The van der Waals surface area contributed by atoms with Crippen molar-refractivity contribution in [1.82, 2.24) is 9.88 Å². The van der Waals surface area contributed by atoms with E-state index in [0.717, 1.165) is 29.4 Å². The largest absolute Gasteiger partial charge is 0.472 e. The number of benzene rings is 1. The number of hydrogen-bond acceptors (Lipinski definition) is 3. The molecule has 2 aromatic heterocycles. The molecular weight excluding hydrogens is 252 g/mol. The molecule has 0 fully saturated rings. The lowest BCUT2D eigenvalue weighted by Crippen LogP contribution is -2.26. The normalized spacial score (nSPS) is 11.0. The fourth-order valence-corrected chi connectivity index (χ4v) is 2.23. The van der Waals surface area contributed by atoms with Crippen molar-refractivity contribution in [3.8, 4) is 0 Å². The van der Waals surface area contributed by atoms with Gasteiger partial charge in [-0.25, -0.2) is 0 Å². The molecule has 0 amide bonds. The summed E-state index contributed by atoms with van der Waals surface area (Å²) in [7, 11) is 0. The SMILES string of the molecule is O=c1c2ccccc2ccn1CCNCc1ccoc1. The topological polar surface area (TPSA) is 47.2 Å². The van der Waals surface area contributed by atoms with Gasteiger partial charge in [0.2, 0.25) is 0 Å².